The van der Waals surface area contributed by atoms with Crippen molar-refractivity contribution in [3.05, 3.63) is 0 Å². The lowest BCUT2D eigenvalue weighted by atomic mass is 10.00. The lowest BCUT2D eigenvalue weighted by Crippen LogP contribution is -2.60. The zero-order valence-corrected chi connectivity index (χ0v) is 13.3. The van der Waals surface area contributed by atoms with Gasteiger partial charge in [-0.05, 0) is 45.8 Å². The molecule has 4 heteroatoms. The molecule has 0 saturated carbocycles. The van der Waals surface area contributed by atoms with E-state index in [1.54, 1.807) is 0 Å². The second-order valence-corrected chi connectivity index (χ2v) is 5.61. The van der Waals surface area contributed by atoms with E-state index < -0.39 is 5.54 Å². The molecule has 0 aliphatic heterocycles. The van der Waals surface area contributed by atoms with Crippen molar-refractivity contribution in [3.8, 4) is 0 Å². The maximum atomic E-state index is 11.7. The first-order valence-corrected chi connectivity index (χ1v) is 7.77. The molecule has 0 rings (SSSR count). The van der Waals surface area contributed by atoms with Crippen molar-refractivity contribution in [1.29, 1.82) is 0 Å². The van der Waals surface area contributed by atoms with E-state index in [1.807, 2.05) is 6.92 Å². The molecule has 0 heterocycles. The Kier molecular flexibility index (Phi) is 9.88. The van der Waals surface area contributed by atoms with E-state index in [1.165, 1.54) is 25.7 Å². The number of hydrogen-bond donors (Lipinski definition) is 2. The fourth-order valence-electron chi connectivity index (χ4n) is 2.10. The van der Waals surface area contributed by atoms with Gasteiger partial charge in [-0.2, -0.15) is 0 Å². The number of rotatable bonds is 12. The molecule has 0 bridgehead atoms. The normalized spacial score (nSPS) is 14.6. The topological polar surface area (TPSA) is 58.4 Å². The van der Waals surface area contributed by atoms with Gasteiger partial charge in [0.15, 0.2) is 0 Å². The van der Waals surface area contributed by atoms with E-state index >= 15 is 0 Å². The number of carbonyl (C=O) groups is 1. The Labute approximate surface area is 119 Å². The van der Waals surface area contributed by atoms with Gasteiger partial charge in [0.2, 0.25) is 5.91 Å². The van der Waals surface area contributed by atoms with Crippen LogP contribution in [0.5, 0.6) is 0 Å². The smallest absolute Gasteiger partial charge is 0.238 e. The summed E-state index contributed by atoms with van der Waals surface area (Å²) in [6.45, 7) is 12.1. The van der Waals surface area contributed by atoms with Crippen molar-refractivity contribution in [2.24, 2.45) is 5.73 Å². The summed E-state index contributed by atoms with van der Waals surface area (Å²) in [6, 6.07) is 0. The highest BCUT2D eigenvalue weighted by Gasteiger charge is 2.32. The van der Waals surface area contributed by atoms with E-state index in [0.717, 1.165) is 26.1 Å². The number of carbonyl (C=O) groups excluding carboxylic acids is 1. The molecule has 0 aromatic rings. The second-order valence-electron chi connectivity index (χ2n) is 5.61. The number of nitrogens with zero attached hydrogens (tertiary/aromatic N) is 1. The molecular formula is C15H33N3O. The maximum absolute atomic E-state index is 11.7. The fraction of sp³-hybridized carbons (Fsp3) is 0.933. The van der Waals surface area contributed by atoms with Gasteiger partial charge >= 0.3 is 0 Å². The maximum Gasteiger partial charge on any atom is 0.238 e. The SMILES string of the molecule is CCCCN(CCCC)CC(C)(NCCC)C(N)=O. The fourth-order valence-corrected chi connectivity index (χ4v) is 2.10. The molecule has 1 unspecified atom stereocenters. The molecule has 114 valence electrons. The Morgan fingerprint density at radius 3 is 2.00 bits per heavy atom. The first-order chi connectivity index (χ1) is 9.00. The zero-order valence-electron chi connectivity index (χ0n) is 13.3. The predicted molar refractivity (Wildman–Crippen MR) is 82.1 cm³/mol. The minimum absolute atomic E-state index is 0.251. The van der Waals surface area contributed by atoms with Crippen molar-refractivity contribution >= 4 is 5.91 Å². The summed E-state index contributed by atoms with van der Waals surface area (Å²) in [5.74, 6) is -0.251. The summed E-state index contributed by atoms with van der Waals surface area (Å²) in [5, 5.41) is 3.31. The van der Waals surface area contributed by atoms with Crippen LogP contribution in [0.15, 0.2) is 0 Å². The van der Waals surface area contributed by atoms with Crippen molar-refractivity contribution in [2.45, 2.75) is 65.3 Å². The van der Waals surface area contributed by atoms with Crippen LogP contribution >= 0.6 is 0 Å². The van der Waals surface area contributed by atoms with Gasteiger partial charge in [0.05, 0.1) is 0 Å². The molecule has 0 spiro atoms. The van der Waals surface area contributed by atoms with Crippen LogP contribution in [0.4, 0.5) is 0 Å². The molecule has 0 aromatic heterocycles. The van der Waals surface area contributed by atoms with Crippen molar-refractivity contribution in [2.75, 3.05) is 26.2 Å². The summed E-state index contributed by atoms with van der Waals surface area (Å²) in [4.78, 5) is 14.1. The average molecular weight is 271 g/mol. The molecular weight excluding hydrogens is 238 g/mol. The highest BCUT2D eigenvalue weighted by atomic mass is 16.1. The van der Waals surface area contributed by atoms with E-state index in [4.69, 9.17) is 5.73 Å². The number of unbranched alkanes of at least 4 members (excludes halogenated alkanes) is 2. The van der Waals surface area contributed by atoms with Crippen molar-refractivity contribution in [1.82, 2.24) is 10.2 Å². The number of hydrogen-bond acceptors (Lipinski definition) is 3. The molecule has 0 fully saturated rings. The van der Waals surface area contributed by atoms with Crippen LogP contribution in [-0.2, 0) is 4.79 Å². The van der Waals surface area contributed by atoms with Crippen LogP contribution in [0.1, 0.15) is 59.8 Å². The van der Waals surface area contributed by atoms with Gasteiger partial charge in [-0.15, -0.1) is 0 Å². The van der Waals surface area contributed by atoms with Gasteiger partial charge in [0.25, 0.3) is 0 Å². The third kappa shape index (κ3) is 7.53. The van der Waals surface area contributed by atoms with Gasteiger partial charge < -0.3 is 16.0 Å². The quantitative estimate of drug-likeness (QED) is 0.572. The van der Waals surface area contributed by atoms with E-state index in [2.05, 4.69) is 31.0 Å². The summed E-state index contributed by atoms with van der Waals surface area (Å²) in [6.07, 6.45) is 5.71. The molecule has 0 aromatic carbocycles. The highest BCUT2D eigenvalue weighted by Crippen LogP contribution is 2.09. The van der Waals surface area contributed by atoms with Crippen molar-refractivity contribution < 1.29 is 4.79 Å². The van der Waals surface area contributed by atoms with Gasteiger partial charge in [0.1, 0.15) is 5.54 Å². The molecule has 19 heavy (non-hydrogen) atoms. The van der Waals surface area contributed by atoms with Gasteiger partial charge in [0, 0.05) is 6.54 Å². The largest absolute Gasteiger partial charge is 0.368 e. The van der Waals surface area contributed by atoms with Gasteiger partial charge in [-0.1, -0.05) is 33.6 Å². The molecule has 0 aliphatic rings. The summed E-state index contributed by atoms with van der Waals surface area (Å²) < 4.78 is 0. The minimum Gasteiger partial charge on any atom is -0.368 e. The van der Waals surface area contributed by atoms with Crippen LogP contribution in [0, 0.1) is 0 Å². The lowest BCUT2D eigenvalue weighted by molar-refractivity contribution is -0.124. The Balaban J connectivity index is 4.56. The van der Waals surface area contributed by atoms with E-state index in [0.29, 0.717) is 6.54 Å². The van der Waals surface area contributed by atoms with Crippen LogP contribution in [0.3, 0.4) is 0 Å². The third-order valence-corrected chi connectivity index (χ3v) is 3.50. The van der Waals surface area contributed by atoms with Gasteiger partial charge in [-0.25, -0.2) is 0 Å². The number of primary amides is 1. The molecule has 1 atom stereocenters. The monoisotopic (exact) mass is 271 g/mol. The summed E-state index contributed by atoms with van der Waals surface area (Å²) in [5.41, 5.74) is 4.98. The molecule has 0 radical (unpaired) electrons. The zero-order chi connectivity index (χ0) is 14.7. The molecule has 0 aliphatic carbocycles. The van der Waals surface area contributed by atoms with Crippen LogP contribution < -0.4 is 11.1 Å². The van der Waals surface area contributed by atoms with Crippen LogP contribution in [-0.4, -0.2) is 42.5 Å². The lowest BCUT2D eigenvalue weighted by Gasteiger charge is -2.34. The number of amides is 1. The number of nitrogens with one attached hydrogen (secondary N) is 1. The minimum atomic E-state index is -0.614. The number of nitrogens with two attached hydrogens (primary N) is 1. The van der Waals surface area contributed by atoms with Crippen LogP contribution in [0.2, 0.25) is 0 Å². The van der Waals surface area contributed by atoms with E-state index in [-0.39, 0.29) is 5.91 Å². The first kappa shape index (κ1) is 18.4. The standard InChI is InChI=1S/C15H33N3O/c1-5-8-11-18(12-9-6-2)13-15(4,14(16)19)17-10-7-3/h17H,5-13H2,1-4H3,(H2,16,19). The highest BCUT2D eigenvalue weighted by molar-refractivity contribution is 5.84. The first-order valence-electron chi connectivity index (χ1n) is 7.77. The van der Waals surface area contributed by atoms with E-state index in [9.17, 15) is 4.79 Å². The molecule has 3 N–H and O–H groups in total. The summed E-state index contributed by atoms with van der Waals surface area (Å²) >= 11 is 0. The Morgan fingerprint density at radius 2 is 1.63 bits per heavy atom. The van der Waals surface area contributed by atoms with Crippen molar-refractivity contribution in [3.63, 3.8) is 0 Å². The molecule has 0 saturated heterocycles. The Hall–Kier alpha value is -0.610. The van der Waals surface area contributed by atoms with Gasteiger partial charge in [-0.3, -0.25) is 4.79 Å². The molecule has 4 nitrogen and oxygen atoms in total. The Morgan fingerprint density at radius 1 is 1.11 bits per heavy atom. The summed E-state index contributed by atoms with van der Waals surface area (Å²) in [7, 11) is 0. The average Bonchev–Trinajstić information content (AvgIpc) is 2.39. The molecule has 1 amide bonds. The Bertz CT molecular complexity index is 238. The third-order valence-electron chi connectivity index (χ3n) is 3.50. The second kappa shape index (κ2) is 10.2. The predicted octanol–water partition coefficient (Wildman–Crippen LogP) is 2.13. The van der Waals surface area contributed by atoms with Crippen LogP contribution in [0.25, 0.3) is 0 Å².